The number of hydrogen-bond donors (Lipinski definition) is 1. The van der Waals surface area contributed by atoms with Crippen molar-refractivity contribution >= 4 is 11.0 Å². The molecule has 0 aliphatic heterocycles. The second-order valence-corrected chi connectivity index (χ2v) is 5.52. The first kappa shape index (κ1) is 12.5. The molecule has 0 saturated heterocycles. The van der Waals surface area contributed by atoms with Crippen LogP contribution < -0.4 is 5.56 Å². The van der Waals surface area contributed by atoms with E-state index in [1.807, 2.05) is 39.0 Å². The van der Waals surface area contributed by atoms with E-state index in [-0.39, 0.29) is 16.8 Å². The van der Waals surface area contributed by atoms with Gasteiger partial charge in [-0.3, -0.25) is 4.79 Å². The number of nitrogens with one attached hydrogen (secondary N) is 1. The van der Waals surface area contributed by atoms with E-state index >= 15 is 0 Å². The Bertz CT molecular complexity index is 826. The topological polar surface area (TPSA) is 89.3 Å². The Labute approximate surface area is 114 Å². The van der Waals surface area contributed by atoms with Gasteiger partial charge in [-0.05, 0) is 43.3 Å². The number of aromatic nitrogens is 6. The fourth-order valence-electron chi connectivity index (χ4n) is 1.97. The largest absolute Gasteiger partial charge is 0.319 e. The maximum Gasteiger partial charge on any atom is 0.278 e. The van der Waals surface area contributed by atoms with Crippen LogP contribution in [0.5, 0.6) is 0 Å². The molecule has 0 unspecified atom stereocenters. The summed E-state index contributed by atoms with van der Waals surface area (Å²) in [5.41, 5.74) is 0.979. The molecule has 3 rings (SSSR count). The van der Waals surface area contributed by atoms with Crippen molar-refractivity contribution in [2.75, 3.05) is 0 Å². The third kappa shape index (κ3) is 1.97. The number of benzene rings is 1. The van der Waals surface area contributed by atoms with Crippen LogP contribution in [0, 0.1) is 0 Å². The molecule has 0 amide bonds. The van der Waals surface area contributed by atoms with Crippen LogP contribution in [-0.2, 0) is 5.54 Å². The molecule has 7 nitrogen and oxygen atoms in total. The molecule has 0 fully saturated rings. The van der Waals surface area contributed by atoms with E-state index in [0.29, 0.717) is 16.9 Å². The van der Waals surface area contributed by atoms with Gasteiger partial charge >= 0.3 is 0 Å². The Balaban J connectivity index is 2.28. The van der Waals surface area contributed by atoms with Crippen molar-refractivity contribution < 1.29 is 0 Å². The molecule has 20 heavy (non-hydrogen) atoms. The lowest BCUT2D eigenvalue weighted by Gasteiger charge is -2.19. The van der Waals surface area contributed by atoms with Gasteiger partial charge in [-0.25, -0.2) is 9.67 Å². The lowest BCUT2D eigenvalue weighted by Crippen LogP contribution is -2.26. The predicted octanol–water partition coefficient (Wildman–Crippen LogP) is 1.33. The van der Waals surface area contributed by atoms with Crippen LogP contribution in [0.3, 0.4) is 0 Å². The van der Waals surface area contributed by atoms with Gasteiger partial charge in [0.15, 0.2) is 5.69 Å². The predicted molar refractivity (Wildman–Crippen MR) is 74.2 cm³/mol. The zero-order valence-corrected chi connectivity index (χ0v) is 11.5. The van der Waals surface area contributed by atoms with E-state index in [9.17, 15) is 4.79 Å². The lowest BCUT2D eigenvalue weighted by atomic mass is 10.1. The fourth-order valence-corrected chi connectivity index (χ4v) is 1.97. The van der Waals surface area contributed by atoms with Crippen molar-refractivity contribution in [2.45, 2.75) is 26.3 Å². The van der Waals surface area contributed by atoms with Gasteiger partial charge in [0, 0.05) is 0 Å². The molecule has 2 aromatic heterocycles. The Kier molecular flexibility index (Phi) is 2.63. The minimum absolute atomic E-state index is 0.226. The molecular formula is C13H14N6O. The molecule has 102 valence electrons. The van der Waals surface area contributed by atoms with Gasteiger partial charge in [-0.15, -0.1) is 5.10 Å². The minimum atomic E-state index is -0.335. The van der Waals surface area contributed by atoms with E-state index < -0.39 is 0 Å². The molecule has 0 saturated carbocycles. The van der Waals surface area contributed by atoms with Crippen molar-refractivity contribution in [3.63, 3.8) is 0 Å². The monoisotopic (exact) mass is 270 g/mol. The molecule has 0 aliphatic carbocycles. The van der Waals surface area contributed by atoms with Gasteiger partial charge in [0.25, 0.3) is 5.56 Å². The summed E-state index contributed by atoms with van der Waals surface area (Å²) in [6.07, 6.45) is 0. The lowest BCUT2D eigenvalue weighted by molar-refractivity contribution is 0.350. The van der Waals surface area contributed by atoms with Crippen LogP contribution >= 0.6 is 0 Å². The summed E-state index contributed by atoms with van der Waals surface area (Å²) < 4.78 is 1.60. The van der Waals surface area contributed by atoms with Crippen LogP contribution in [0.15, 0.2) is 29.1 Å². The highest BCUT2D eigenvalue weighted by Crippen LogP contribution is 2.19. The first-order valence-electron chi connectivity index (χ1n) is 6.25. The second-order valence-electron chi connectivity index (χ2n) is 5.52. The summed E-state index contributed by atoms with van der Waals surface area (Å²) in [7, 11) is 0. The number of para-hydroxylation sites is 2. The van der Waals surface area contributed by atoms with Crippen LogP contribution in [0.1, 0.15) is 20.8 Å². The van der Waals surface area contributed by atoms with Gasteiger partial charge in [-0.2, -0.15) is 0 Å². The molecule has 7 heteroatoms. The third-order valence-corrected chi connectivity index (χ3v) is 2.92. The van der Waals surface area contributed by atoms with Crippen LogP contribution in [0.25, 0.3) is 22.6 Å². The normalized spacial score (nSPS) is 11.9. The molecule has 0 radical (unpaired) electrons. The van der Waals surface area contributed by atoms with Crippen molar-refractivity contribution in [3.8, 4) is 11.5 Å². The molecular weight excluding hydrogens is 256 g/mol. The Hall–Kier alpha value is -2.57. The summed E-state index contributed by atoms with van der Waals surface area (Å²) in [5.74, 6) is 0.365. The van der Waals surface area contributed by atoms with Crippen LogP contribution in [0.4, 0.5) is 0 Å². The smallest absolute Gasteiger partial charge is 0.278 e. The quantitative estimate of drug-likeness (QED) is 0.720. The maximum atomic E-state index is 12.2. The van der Waals surface area contributed by atoms with Crippen LogP contribution in [-0.4, -0.2) is 30.2 Å². The van der Waals surface area contributed by atoms with Crippen molar-refractivity contribution in [3.05, 3.63) is 34.6 Å². The molecule has 1 aromatic carbocycles. The fraction of sp³-hybridized carbons (Fsp3) is 0.308. The number of aromatic amines is 1. The van der Waals surface area contributed by atoms with Gasteiger partial charge < -0.3 is 4.98 Å². The average molecular weight is 270 g/mol. The number of fused-ring (bicyclic) bond motifs is 1. The summed E-state index contributed by atoms with van der Waals surface area (Å²) in [4.78, 5) is 19.4. The number of tetrazole rings is 1. The average Bonchev–Trinajstić information content (AvgIpc) is 2.87. The molecule has 3 aromatic rings. The Morgan fingerprint density at radius 2 is 1.95 bits per heavy atom. The second kappa shape index (κ2) is 4.22. The Morgan fingerprint density at radius 1 is 1.20 bits per heavy atom. The molecule has 1 N–H and O–H groups in total. The van der Waals surface area contributed by atoms with E-state index in [2.05, 4.69) is 25.5 Å². The first-order chi connectivity index (χ1) is 9.47. The molecule has 0 bridgehead atoms. The van der Waals surface area contributed by atoms with E-state index in [1.54, 1.807) is 10.7 Å². The summed E-state index contributed by atoms with van der Waals surface area (Å²) in [6, 6.07) is 7.35. The van der Waals surface area contributed by atoms with E-state index in [4.69, 9.17) is 0 Å². The number of H-pyrrole nitrogens is 1. The third-order valence-electron chi connectivity index (χ3n) is 2.92. The zero-order chi connectivity index (χ0) is 14.3. The minimum Gasteiger partial charge on any atom is -0.319 e. The molecule has 0 aliphatic rings. The Morgan fingerprint density at radius 3 is 2.70 bits per heavy atom. The highest BCUT2D eigenvalue weighted by molar-refractivity contribution is 5.75. The number of rotatable bonds is 1. The number of hydrogen-bond acceptors (Lipinski definition) is 5. The zero-order valence-electron chi connectivity index (χ0n) is 11.5. The summed E-state index contributed by atoms with van der Waals surface area (Å²) >= 11 is 0. The van der Waals surface area contributed by atoms with Crippen molar-refractivity contribution in [1.82, 2.24) is 30.2 Å². The number of nitrogens with zero attached hydrogens (tertiary/aromatic N) is 5. The molecule has 0 atom stereocenters. The van der Waals surface area contributed by atoms with Crippen molar-refractivity contribution in [2.24, 2.45) is 0 Å². The maximum absolute atomic E-state index is 12.2. The van der Waals surface area contributed by atoms with E-state index in [1.165, 1.54) is 0 Å². The first-order valence-corrected chi connectivity index (χ1v) is 6.25. The summed E-state index contributed by atoms with van der Waals surface area (Å²) in [5, 5.41) is 11.5. The van der Waals surface area contributed by atoms with Gasteiger partial charge in [0.2, 0.25) is 5.82 Å². The van der Waals surface area contributed by atoms with Gasteiger partial charge in [0.1, 0.15) is 0 Å². The van der Waals surface area contributed by atoms with E-state index in [0.717, 1.165) is 0 Å². The summed E-state index contributed by atoms with van der Waals surface area (Å²) in [6.45, 7) is 5.88. The molecule has 2 heterocycles. The van der Waals surface area contributed by atoms with Gasteiger partial charge in [-0.1, -0.05) is 12.1 Å². The highest BCUT2D eigenvalue weighted by Gasteiger charge is 2.23. The van der Waals surface area contributed by atoms with Crippen LogP contribution in [0.2, 0.25) is 0 Å². The molecule has 0 spiro atoms. The van der Waals surface area contributed by atoms with Crippen molar-refractivity contribution in [1.29, 1.82) is 0 Å². The highest BCUT2D eigenvalue weighted by atomic mass is 16.1. The SMILES string of the molecule is CC(C)(C)n1nnnc1-c1nc2ccccc2[nH]c1=O. The standard InChI is InChI=1S/C13H14N6O/c1-13(2,3)19-11(16-17-18-19)10-12(20)15-9-7-5-4-6-8(9)14-10/h4-7H,1-3H3,(H,15,20). The van der Waals surface area contributed by atoms with Gasteiger partial charge in [0.05, 0.1) is 16.6 Å².